The summed E-state index contributed by atoms with van der Waals surface area (Å²) in [6.07, 6.45) is 0.671. The van der Waals surface area contributed by atoms with E-state index in [1.54, 1.807) is 11.0 Å². The van der Waals surface area contributed by atoms with Crippen LogP contribution in [0.15, 0.2) is 28.7 Å². The molecule has 1 aliphatic rings. The standard InChI is InChI=1S/C16H16BrN3O2/c1-3-13-11(9-10(2)18-19-13)16(21)20-7-8-22-15-12(17)5-4-6-14(15)20/h4-6,9H,3,7-8H2,1-2H3. The van der Waals surface area contributed by atoms with Crippen LogP contribution < -0.4 is 9.64 Å². The average Bonchev–Trinajstić information content (AvgIpc) is 2.54. The highest BCUT2D eigenvalue weighted by Crippen LogP contribution is 2.38. The highest BCUT2D eigenvalue weighted by molar-refractivity contribution is 9.10. The lowest BCUT2D eigenvalue weighted by molar-refractivity contribution is 0.0974. The summed E-state index contributed by atoms with van der Waals surface area (Å²) in [6, 6.07) is 7.50. The molecule has 1 amide bonds. The predicted molar refractivity (Wildman–Crippen MR) is 87.5 cm³/mol. The maximum atomic E-state index is 13.0. The Balaban J connectivity index is 2.05. The molecule has 0 spiro atoms. The Morgan fingerprint density at radius 2 is 2.23 bits per heavy atom. The first kappa shape index (κ1) is 15.0. The molecule has 0 N–H and O–H groups in total. The number of carbonyl (C=O) groups is 1. The van der Waals surface area contributed by atoms with E-state index in [4.69, 9.17) is 4.74 Å². The van der Waals surface area contributed by atoms with Gasteiger partial charge in [0.2, 0.25) is 0 Å². The second-order valence-electron chi connectivity index (χ2n) is 5.09. The van der Waals surface area contributed by atoms with E-state index in [-0.39, 0.29) is 5.91 Å². The van der Waals surface area contributed by atoms with Gasteiger partial charge in [0.1, 0.15) is 6.61 Å². The fourth-order valence-corrected chi connectivity index (χ4v) is 3.00. The highest BCUT2D eigenvalue weighted by atomic mass is 79.9. The van der Waals surface area contributed by atoms with Crippen molar-refractivity contribution >= 4 is 27.5 Å². The van der Waals surface area contributed by atoms with Crippen molar-refractivity contribution in [2.45, 2.75) is 20.3 Å². The number of hydrogen-bond acceptors (Lipinski definition) is 4. The van der Waals surface area contributed by atoms with Crippen molar-refractivity contribution in [3.63, 3.8) is 0 Å². The van der Waals surface area contributed by atoms with Gasteiger partial charge < -0.3 is 9.64 Å². The van der Waals surface area contributed by atoms with Gasteiger partial charge >= 0.3 is 0 Å². The molecule has 0 atom stereocenters. The zero-order valence-electron chi connectivity index (χ0n) is 12.5. The number of benzene rings is 1. The monoisotopic (exact) mass is 361 g/mol. The van der Waals surface area contributed by atoms with Gasteiger partial charge in [0, 0.05) is 0 Å². The number of fused-ring (bicyclic) bond motifs is 1. The van der Waals surface area contributed by atoms with Crippen molar-refractivity contribution in [3.8, 4) is 5.75 Å². The van der Waals surface area contributed by atoms with Gasteiger partial charge in [-0.2, -0.15) is 10.2 Å². The Kier molecular flexibility index (Phi) is 4.11. The molecule has 0 unspecified atom stereocenters. The summed E-state index contributed by atoms with van der Waals surface area (Å²) in [6.45, 7) is 4.81. The second-order valence-corrected chi connectivity index (χ2v) is 5.95. The molecule has 2 heterocycles. The lowest BCUT2D eigenvalue weighted by Crippen LogP contribution is -2.38. The number of aromatic nitrogens is 2. The summed E-state index contributed by atoms with van der Waals surface area (Å²) in [5.74, 6) is 0.649. The van der Waals surface area contributed by atoms with Crippen LogP contribution in [0.3, 0.4) is 0 Å². The van der Waals surface area contributed by atoms with Crippen LogP contribution in [0.4, 0.5) is 5.69 Å². The minimum absolute atomic E-state index is 0.0579. The maximum absolute atomic E-state index is 13.0. The predicted octanol–water partition coefficient (Wildman–Crippen LogP) is 3.15. The molecule has 114 valence electrons. The molecule has 0 radical (unpaired) electrons. The lowest BCUT2D eigenvalue weighted by atomic mass is 10.1. The van der Waals surface area contributed by atoms with Gasteiger partial charge in [0.15, 0.2) is 5.75 Å². The largest absolute Gasteiger partial charge is 0.488 e. The summed E-state index contributed by atoms with van der Waals surface area (Å²) in [4.78, 5) is 14.7. The Bertz CT molecular complexity index is 733. The Morgan fingerprint density at radius 3 is 3.00 bits per heavy atom. The molecular formula is C16H16BrN3O2. The first-order valence-corrected chi connectivity index (χ1v) is 7.97. The van der Waals surface area contributed by atoms with Gasteiger partial charge in [-0.1, -0.05) is 13.0 Å². The number of aryl methyl sites for hydroxylation is 2. The number of carbonyl (C=O) groups excluding carboxylic acids is 1. The molecule has 1 aliphatic heterocycles. The van der Waals surface area contributed by atoms with Crippen molar-refractivity contribution in [1.82, 2.24) is 10.2 Å². The second kappa shape index (κ2) is 6.04. The number of halogens is 1. The SMILES string of the molecule is CCc1nnc(C)cc1C(=O)N1CCOc2c(Br)cccc21. The summed E-state index contributed by atoms with van der Waals surface area (Å²) in [5.41, 5.74) is 2.85. The molecule has 1 aromatic heterocycles. The van der Waals surface area contributed by atoms with Crippen molar-refractivity contribution in [2.75, 3.05) is 18.1 Å². The van der Waals surface area contributed by atoms with Crippen LogP contribution >= 0.6 is 15.9 Å². The summed E-state index contributed by atoms with van der Waals surface area (Å²) < 4.78 is 6.53. The number of anilines is 1. The number of rotatable bonds is 2. The molecule has 22 heavy (non-hydrogen) atoms. The number of hydrogen-bond donors (Lipinski definition) is 0. The lowest BCUT2D eigenvalue weighted by Gasteiger charge is -2.30. The van der Waals surface area contributed by atoms with E-state index in [9.17, 15) is 4.79 Å². The average molecular weight is 362 g/mol. The third-order valence-corrected chi connectivity index (χ3v) is 4.23. The molecule has 0 saturated heterocycles. The number of nitrogens with zero attached hydrogens (tertiary/aromatic N) is 3. The van der Waals surface area contributed by atoms with Gasteiger partial charge in [-0.15, -0.1) is 0 Å². The summed E-state index contributed by atoms with van der Waals surface area (Å²) in [7, 11) is 0. The van der Waals surface area contributed by atoms with Gasteiger partial charge in [0.05, 0.1) is 33.7 Å². The molecule has 0 fully saturated rings. The van der Waals surface area contributed by atoms with Crippen LogP contribution in [0.5, 0.6) is 5.75 Å². The Labute approximate surface area is 137 Å². The van der Waals surface area contributed by atoms with Crippen molar-refractivity contribution in [1.29, 1.82) is 0 Å². The fraction of sp³-hybridized carbons (Fsp3) is 0.312. The molecular weight excluding hydrogens is 346 g/mol. The maximum Gasteiger partial charge on any atom is 0.260 e. The van der Waals surface area contributed by atoms with E-state index in [2.05, 4.69) is 26.1 Å². The summed E-state index contributed by atoms with van der Waals surface area (Å²) >= 11 is 3.47. The van der Waals surface area contributed by atoms with Gasteiger partial charge in [-0.3, -0.25) is 4.79 Å². The smallest absolute Gasteiger partial charge is 0.260 e. The Morgan fingerprint density at radius 1 is 1.41 bits per heavy atom. The van der Waals surface area contributed by atoms with Gasteiger partial charge in [-0.05, 0) is 47.5 Å². The molecule has 6 heteroatoms. The zero-order chi connectivity index (χ0) is 15.7. The minimum Gasteiger partial charge on any atom is -0.488 e. The topological polar surface area (TPSA) is 55.3 Å². The molecule has 5 nitrogen and oxygen atoms in total. The van der Waals surface area contributed by atoms with E-state index in [1.807, 2.05) is 32.0 Å². The minimum atomic E-state index is -0.0579. The van der Waals surface area contributed by atoms with Crippen LogP contribution in [0.25, 0.3) is 0 Å². The molecule has 0 bridgehead atoms. The first-order chi connectivity index (χ1) is 10.6. The third kappa shape index (κ3) is 2.59. The molecule has 0 aliphatic carbocycles. The normalized spacial score (nSPS) is 13.5. The number of amides is 1. The highest BCUT2D eigenvalue weighted by Gasteiger charge is 2.27. The number of para-hydroxylation sites is 1. The quantitative estimate of drug-likeness (QED) is 0.824. The van der Waals surface area contributed by atoms with Crippen LogP contribution in [-0.4, -0.2) is 29.3 Å². The molecule has 1 aromatic carbocycles. The van der Waals surface area contributed by atoms with Crippen LogP contribution in [-0.2, 0) is 6.42 Å². The summed E-state index contributed by atoms with van der Waals surface area (Å²) in [5, 5.41) is 8.19. The molecule has 2 aromatic rings. The van der Waals surface area contributed by atoms with Crippen molar-refractivity contribution < 1.29 is 9.53 Å². The van der Waals surface area contributed by atoms with E-state index >= 15 is 0 Å². The van der Waals surface area contributed by atoms with Crippen LogP contribution in [0.2, 0.25) is 0 Å². The van der Waals surface area contributed by atoms with E-state index < -0.39 is 0 Å². The Hall–Kier alpha value is -1.95. The fourth-order valence-electron chi connectivity index (χ4n) is 2.53. The van der Waals surface area contributed by atoms with Crippen LogP contribution in [0.1, 0.15) is 28.7 Å². The molecule has 3 rings (SSSR count). The van der Waals surface area contributed by atoms with E-state index in [0.717, 1.165) is 21.5 Å². The third-order valence-electron chi connectivity index (χ3n) is 3.60. The van der Waals surface area contributed by atoms with E-state index in [0.29, 0.717) is 30.9 Å². The van der Waals surface area contributed by atoms with Crippen LogP contribution in [0, 0.1) is 6.92 Å². The van der Waals surface area contributed by atoms with Gasteiger partial charge in [-0.25, -0.2) is 0 Å². The molecule has 0 saturated carbocycles. The van der Waals surface area contributed by atoms with E-state index in [1.165, 1.54) is 0 Å². The number of ether oxygens (including phenoxy) is 1. The van der Waals surface area contributed by atoms with Crippen molar-refractivity contribution in [2.24, 2.45) is 0 Å². The zero-order valence-corrected chi connectivity index (χ0v) is 14.1. The van der Waals surface area contributed by atoms with Gasteiger partial charge in [0.25, 0.3) is 5.91 Å². The van der Waals surface area contributed by atoms with Crippen molar-refractivity contribution in [3.05, 3.63) is 45.7 Å². The first-order valence-electron chi connectivity index (χ1n) is 7.18.